The van der Waals surface area contributed by atoms with E-state index < -0.39 is 0 Å². The second kappa shape index (κ2) is 6.83. The van der Waals surface area contributed by atoms with Crippen molar-refractivity contribution in [2.75, 3.05) is 6.54 Å². The third-order valence-corrected chi connectivity index (χ3v) is 4.92. The highest BCUT2D eigenvalue weighted by atomic mass is 16.5. The first-order valence-electron chi connectivity index (χ1n) is 8.76. The maximum absolute atomic E-state index is 5.97. The van der Waals surface area contributed by atoms with Crippen LogP contribution in [0.15, 0.2) is 24.3 Å². The highest BCUT2D eigenvalue weighted by Gasteiger charge is 2.28. The fraction of sp³-hybridized carbons (Fsp3) is 0.684. The van der Waals surface area contributed by atoms with E-state index in [1.807, 2.05) is 0 Å². The summed E-state index contributed by atoms with van der Waals surface area (Å²) in [5.74, 6) is 2.70. The summed E-state index contributed by atoms with van der Waals surface area (Å²) in [5.41, 5.74) is 1.41. The average Bonchev–Trinajstić information content (AvgIpc) is 3.29. The number of hydrogen-bond donors (Lipinski definition) is 1. The van der Waals surface area contributed by atoms with Gasteiger partial charge in [0.25, 0.3) is 0 Å². The number of hydrogen-bond acceptors (Lipinski definition) is 2. The van der Waals surface area contributed by atoms with Crippen LogP contribution in [0.3, 0.4) is 0 Å². The molecule has 0 saturated heterocycles. The van der Waals surface area contributed by atoms with Crippen molar-refractivity contribution in [1.29, 1.82) is 0 Å². The molecule has 2 heteroatoms. The zero-order chi connectivity index (χ0) is 14.7. The van der Waals surface area contributed by atoms with Crippen molar-refractivity contribution in [3.63, 3.8) is 0 Å². The Hall–Kier alpha value is -1.02. The second-order valence-electron chi connectivity index (χ2n) is 6.96. The molecule has 1 N–H and O–H groups in total. The molecule has 2 fully saturated rings. The minimum atomic E-state index is 0.479. The monoisotopic (exact) mass is 287 g/mol. The van der Waals surface area contributed by atoms with Crippen molar-refractivity contribution >= 4 is 0 Å². The molecular weight excluding hydrogens is 258 g/mol. The third-order valence-electron chi connectivity index (χ3n) is 4.92. The summed E-state index contributed by atoms with van der Waals surface area (Å²) >= 11 is 0. The smallest absolute Gasteiger partial charge is 0.120 e. The van der Waals surface area contributed by atoms with Crippen molar-refractivity contribution < 1.29 is 4.74 Å². The Labute approximate surface area is 129 Å². The number of rotatable bonds is 6. The molecule has 0 heterocycles. The van der Waals surface area contributed by atoms with Crippen molar-refractivity contribution in [2.45, 2.75) is 64.5 Å². The summed E-state index contributed by atoms with van der Waals surface area (Å²) in [6, 6.07) is 9.29. The van der Waals surface area contributed by atoms with Crippen LogP contribution < -0.4 is 10.1 Å². The van der Waals surface area contributed by atoms with Crippen LogP contribution in [-0.4, -0.2) is 12.6 Å². The van der Waals surface area contributed by atoms with Gasteiger partial charge in [0.1, 0.15) is 5.75 Å². The molecule has 1 aromatic carbocycles. The number of benzene rings is 1. The highest BCUT2D eigenvalue weighted by Crippen LogP contribution is 2.38. The lowest BCUT2D eigenvalue weighted by Gasteiger charge is -2.34. The van der Waals surface area contributed by atoms with Crippen LogP contribution in [0, 0.1) is 11.8 Å². The molecule has 1 aromatic rings. The molecule has 0 radical (unpaired) electrons. The lowest BCUT2D eigenvalue weighted by Crippen LogP contribution is -2.31. The normalized spacial score (nSPS) is 27.3. The van der Waals surface area contributed by atoms with Gasteiger partial charge in [-0.2, -0.15) is 0 Å². The Balaban J connectivity index is 1.75. The van der Waals surface area contributed by atoms with Crippen LogP contribution >= 0.6 is 0 Å². The average molecular weight is 287 g/mol. The Morgan fingerprint density at radius 2 is 2.10 bits per heavy atom. The van der Waals surface area contributed by atoms with Gasteiger partial charge in [-0.25, -0.2) is 0 Å². The summed E-state index contributed by atoms with van der Waals surface area (Å²) in [7, 11) is 0. The van der Waals surface area contributed by atoms with E-state index in [0.29, 0.717) is 12.1 Å². The zero-order valence-corrected chi connectivity index (χ0v) is 13.5. The first-order valence-corrected chi connectivity index (χ1v) is 8.76. The molecular formula is C19H29NO. The summed E-state index contributed by atoms with van der Waals surface area (Å²) in [6.07, 6.45) is 8.42. The fourth-order valence-electron chi connectivity index (χ4n) is 3.72. The van der Waals surface area contributed by atoms with E-state index in [0.717, 1.165) is 24.1 Å². The molecule has 0 aliphatic heterocycles. The molecule has 0 aromatic heterocycles. The zero-order valence-electron chi connectivity index (χ0n) is 13.5. The summed E-state index contributed by atoms with van der Waals surface area (Å²) in [5, 5.41) is 3.73. The van der Waals surface area contributed by atoms with Gasteiger partial charge in [-0.1, -0.05) is 38.8 Å². The number of nitrogens with one attached hydrogen (secondary N) is 1. The van der Waals surface area contributed by atoms with Gasteiger partial charge in [0.2, 0.25) is 0 Å². The highest BCUT2D eigenvalue weighted by molar-refractivity contribution is 5.31. The van der Waals surface area contributed by atoms with Gasteiger partial charge in [-0.05, 0) is 61.8 Å². The molecule has 0 bridgehead atoms. The van der Waals surface area contributed by atoms with Crippen molar-refractivity contribution in [1.82, 2.24) is 5.32 Å². The minimum absolute atomic E-state index is 0.479. The summed E-state index contributed by atoms with van der Waals surface area (Å²) in [4.78, 5) is 0. The van der Waals surface area contributed by atoms with Crippen molar-refractivity contribution in [3.8, 4) is 5.75 Å². The van der Waals surface area contributed by atoms with Crippen LogP contribution in [0.4, 0.5) is 0 Å². The molecule has 2 saturated carbocycles. The molecule has 0 spiro atoms. The van der Waals surface area contributed by atoms with Gasteiger partial charge in [-0.15, -0.1) is 0 Å². The third kappa shape index (κ3) is 4.00. The van der Waals surface area contributed by atoms with E-state index in [2.05, 4.69) is 43.4 Å². The van der Waals surface area contributed by atoms with Crippen LogP contribution in [0.2, 0.25) is 0 Å². The van der Waals surface area contributed by atoms with Gasteiger partial charge in [0.15, 0.2) is 0 Å². The Morgan fingerprint density at radius 3 is 2.81 bits per heavy atom. The van der Waals surface area contributed by atoms with Gasteiger partial charge >= 0.3 is 0 Å². The van der Waals surface area contributed by atoms with E-state index >= 15 is 0 Å². The van der Waals surface area contributed by atoms with E-state index in [4.69, 9.17) is 4.74 Å². The molecule has 2 aliphatic rings. The first-order chi connectivity index (χ1) is 10.3. The summed E-state index contributed by atoms with van der Waals surface area (Å²) in [6.45, 7) is 5.65. The quantitative estimate of drug-likeness (QED) is 0.818. The molecule has 3 rings (SSSR count). The van der Waals surface area contributed by atoms with Crippen LogP contribution in [0.1, 0.15) is 64.0 Å². The van der Waals surface area contributed by atoms with E-state index in [1.165, 1.54) is 44.1 Å². The second-order valence-corrected chi connectivity index (χ2v) is 6.96. The molecule has 21 heavy (non-hydrogen) atoms. The first kappa shape index (κ1) is 14.9. The molecule has 3 atom stereocenters. The molecule has 3 unspecified atom stereocenters. The van der Waals surface area contributed by atoms with E-state index in [-0.39, 0.29) is 0 Å². The number of ether oxygens (including phenoxy) is 1. The standard InChI is InChI=1S/C19H29NO/c1-3-20-19(15-7-4-6-14(2)12-15)16-8-5-9-18(13-16)21-17-10-11-17/h5,8-9,13-15,17,19-20H,3-4,6-7,10-12H2,1-2H3. The predicted molar refractivity (Wildman–Crippen MR) is 87.6 cm³/mol. The maximum atomic E-state index is 5.97. The molecule has 2 nitrogen and oxygen atoms in total. The van der Waals surface area contributed by atoms with Gasteiger partial charge < -0.3 is 10.1 Å². The van der Waals surface area contributed by atoms with Crippen LogP contribution in [0.5, 0.6) is 5.75 Å². The Bertz CT molecular complexity index is 455. The topological polar surface area (TPSA) is 21.3 Å². The summed E-state index contributed by atoms with van der Waals surface area (Å²) < 4.78 is 5.97. The van der Waals surface area contributed by atoms with Crippen LogP contribution in [-0.2, 0) is 0 Å². The molecule has 116 valence electrons. The lowest BCUT2D eigenvalue weighted by molar-refractivity contribution is 0.224. The SMILES string of the molecule is CCNC(c1cccc(OC2CC2)c1)C1CCCC(C)C1. The lowest BCUT2D eigenvalue weighted by atomic mass is 9.76. The molecule has 0 amide bonds. The Kier molecular flexibility index (Phi) is 4.84. The van der Waals surface area contributed by atoms with Gasteiger partial charge in [0.05, 0.1) is 6.10 Å². The van der Waals surface area contributed by atoms with Gasteiger partial charge in [0, 0.05) is 6.04 Å². The Morgan fingerprint density at radius 1 is 1.24 bits per heavy atom. The van der Waals surface area contributed by atoms with Crippen LogP contribution in [0.25, 0.3) is 0 Å². The predicted octanol–water partition coefficient (Wildman–Crippen LogP) is 4.70. The fourth-order valence-corrected chi connectivity index (χ4v) is 3.72. The van der Waals surface area contributed by atoms with E-state index in [9.17, 15) is 0 Å². The largest absolute Gasteiger partial charge is 0.490 e. The van der Waals surface area contributed by atoms with Crippen molar-refractivity contribution in [3.05, 3.63) is 29.8 Å². The minimum Gasteiger partial charge on any atom is -0.490 e. The molecule has 2 aliphatic carbocycles. The maximum Gasteiger partial charge on any atom is 0.120 e. The van der Waals surface area contributed by atoms with E-state index in [1.54, 1.807) is 0 Å². The van der Waals surface area contributed by atoms with Gasteiger partial charge in [-0.3, -0.25) is 0 Å². The van der Waals surface area contributed by atoms with Crippen molar-refractivity contribution in [2.24, 2.45) is 11.8 Å².